The summed E-state index contributed by atoms with van der Waals surface area (Å²) in [6, 6.07) is 5.50. The first kappa shape index (κ1) is 12.4. The maximum Gasteiger partial charge on any atom is 0.0328 e. The lowest BCUT2D eigenvalue weighted by Crippen LogP contribution is -2.20. The highest BCUT2D eigenvalue weighted by Crippen LogP contribution is 2.38. The molecule has 1 aliphatic heterocycles. The van der Waals surface area contributed by atoms with Gasteiger partial charge < -0.3 is 5.32 Å². The molecule has 0 spiro atoms. The molecule has 0 radical (unpaired) electrons. The second kappa shape index (κ2) is 5.19. The number of fused-ring (bicyclic) bond motifs is 1. The maximum atomic E-state index is 3.61. The zero-order valence-corrected chi connectivity index (χ0v) is 12.4. The number of thiophene rings is 1. The van der Waals surface area contributed by atoms with Gasteiger partial charge in [-0.1, -0.05) is 6.42 Å². The van der Waals surface area contributed by atoms with Crippen LogP contribution in [0.5, 0.6) is 0 Å². The molecule has 0 aromatic carbocycles. The van der Waals surface area contributed by atoms with Gasteiger partial charge >= 0.3 is 0 Å². The molecular formula is C16H24N2S. The fourth-order valence-electron chi connectivity index (χ4n) is 3.82. The van der Waals surface area contributed by atoms with E-state index in [4.69, 9.17) is 0 Å². The van der Waals surface area contributed by atoms with Gasteiger partial charge in [0.25, 0.3) is 0 Å². The first-order valence-corrected chi connectivity index (χ1v) is 8.72. The Morgan fingerprint density at radius 3 is 2.53 bits per heavy atom. The van der Waals surface area contributed by atoms with Gasteiger partial charge in [-0.05, 0) is 49.7 Å². The van der Waals surface area contributed by atoms with Crippen LogP contribution in [0.4, 0.5) is 0 Å². The first-order valence-electron chi connectivity index (χ1n) is 7.90. The number of hydrogen-bond acceptors (Lipinski definition) is 3. The Labute approximate surface area is 120 Å². The van der Waals surface area contributed by atoms with Crippen LogP contribution in [-0.2, 0) is 13.1 Å². The van der Waals surface area contributed by atoms with E-state index in [2.05, 4.69) is 22.3 Å². The molecule has 4 rings (SSSR count). The van der Waals surface area contributed by atoms with Gasteiger partial charge in [-0.3, -0.25) is 4.90 Å². The number of nitrogens with one attached hydrogen (secondary N) is 1. The van der Waals surface area contributed by atoms with E-state index < -0.39 is 0 Å². The summed E-state index contributed by atoms with van der Waals surface area (Å²) in [5, 5.41) is 3.61. The Hall–Kier alpha value is -0.380. The minimum Gasteiger partial charge on any atom is -0.309 e. The van der Waals surface area contributed by atoms with Crippen LogP contribution < -0.4 is 5.32 Å². The Bertz CT molecular complexity index is 426. The van der Waals surface area contributed by atoms with Gasteiger partial charge in [0.05, 0.1) is 0 Å². The molecule has 1 saturated heterocycles. The number of likely N-dealkylation sites (tertiary alicyclic amines) is 1. The lowest BCUT2D eigenvalue weighted by atomic mass is 10.0. The van der Waals surface area contributed by atoms with E-state index in [1.54, 1.807) is 4.88 Å². The standard InChI is InChI=1S/C16H24N2S/c1-2-12-9-18(10-13(12)3-1)11-16-7-6-15(19-16)8-17-14-4-5-14/h6-7,12-14,17H,1-5,8-11H2. The van der Waals surface area contributed by atoms with Crippen molar-refractivity contribution in [2.24, 2.45) is 11.8 Å². The van der Waals surface area contributed by atoms with E-state index in [1.165, 1.54) is 56.6 Å². The van der Waals surface area contributed by atoms with Crippen molar-refractivity contribution in [3.8, 4) is 0 Å². The van der Waals surface area contributed by atoms with Gasteiger partial charge in [-0.15, -0.1) is 11.3 Å². The molecule has 104 valence electrons. The van der Waals surface area contributed by atoms with Crippen molar-refractivity contribution >= 4 is 11.3 Å². The second-order valence-electron chi connectivity index (χ2n) is 6.67. The van der Waals surface area contributed by atoms with E-state index in [0.29, 0.717) is 0 Å². The normalized spacial score (nSPS) is 30.9. The molecule has 3 heteroatoms. The number of nitrogens with zero attached hydrogens (tertiary/aromatic N) is 1. The van der Waals surface area contributed by atoms with E-state index in [-0.39, 0.29) is 0 Å². The summed E-state index contributed by atoms with van der Waals surface area (Å²) in [6.07, 6.45) is 7.23. The first-order chi connectivity index (χ1) is 9.37. The van der Waals surface area contributed by atoms with Crippen molar-refractivity contribution in [2.45, 2.75) is 51.2 Å². The molecule has 1 N–H and O–H groups in total. The highest BCUT2D eigenvalue weighted by molar-refractivity contribution is 7.11. The van der Waals surface area contributed by atoms with Crippen LogP contribution >= 0.6 is 11.3 Å². The predicted octanol–water partition coefficient (Wildman–Crippen LogP) is 3.23. The SMILES string of the molecule is c1cc(CN2CC3CCCC3C2)sc1CNC1CC1. The lowest BCUT2D eigenvalue weighted by molar-refractivity contribution is 0.306. The molecule has 1 aromatic heterocycles. The number of rotatable bonds is 5. The molecule has 2 heterocycles. The molecular weight excluding hydrogens is 252 g/mol. The molecule has 0 amide bonds. The molecule has 0 bridgehead atoms. The molecule has 1 aromatic rings. The van der Waals surface area contributed by atoms with E-state index in [9.17, 15) is 0 Å². The summed E-state index contributed by atoms with van der Waals surface area (Å²) in [5.74, 6) is 2.05. The lowest BCUT2D eigenvalue weighted by Gasteiger charge is -2.15. The fraction of sp³-hybridized carbons (Fsp3) is 0.750. The molecule has 3 aliphatic rings. The van der Waals surface area contributed by atoms with Crippen molar-refractivity contribution in [1.29, 1.82) is 0 Å². The largest absolute Gasteiger partial charge is 0.309 e. The summed E-state index contributed by atoms with van der Waals surface area (Å²) in [4.78, 5) is 5.77. The van der Waals surface area contributed by atoms with Crippen LogP contribution in [0, 0.1) is 11.8 Å². The molecule has 2 atom stereocenters. The highest BCUT2D eigenvalue weighted by atomic mass is 32.1. The van der Waals surface area contributed by atoms with Crippen LogP contribution in [0.1, 0.15) is 41.9 Å². The third-order valence-electron chi connectivity index (χ3n) is 5.04. The van der Waals surface area contributed by atoms with Crippen LogP contribution in [-0.4, -0.2) is 24.0 Å². The Kier molecular flexibility index (Phi) is 3.38. The van der Waals surface area contributed by atoms with Gasteiger partial charge in [0.1, 0.15) is 0 Å². The average Bonchev–Trinajstić information content (AvgIpc) is 2.79. The van der Waals surface area contributed by atoms with Gasteiger partial charge in [0, 0.05) is 42.0 Å². The monoisotopic (exact) mass is 276 g/mol. The Balaban J connectivity index is 1.30. The van der Waals surface area contributed by atoms with Crippen molar-refractivity contribution < 1.29 is 0 Å². The summed E-state index contributed by atoms with van der Waals surface area (Å²) in [5.41, 5.74) is 0. The van der Waals surface area contributed by atoms with Gasteiger partial charge in [-0.25, -0.2) is 0 Å². The minimum atomic E-state index is 0.823. The van der Waals surface area contributed by atoms with Gasteiger partial charge in [0.15, 0.2) is 0 Å². The Morgan fingerprint density at radius 2 is 1.79 bits per heavy atom. The van der Waals surface area contributed by atoms with Gasteiger partial charge in [-0.2, -0.15) is 0 Å². The van der Waals surface area contributed by atoms with Crippen LogP contribution in [0.3, 0.4) is 0 Å². The van der Waals surface area contributed by atoms with Crippen molar-refractivity contribution in [3.63, 3.8) is 0 Å². The topological polar surface area (TPSA) is 15.3 Å². The van der Waals surface area contributed by atoms with Crippen LogP contribution in [0.15, 0.2) is 12.1 Å². The van der Waals surface area contributed by atoms with Crippen LogP contribution in [0.25, 0.3) is 0 Å². The molecule has 2 unspecified atom stereocenters. The average molecular weight is 276 g/mol. The predicted molar refractivity (Wildman–Crippen MR) is 80.3 cm³/mol. The van der Waals surface area contributed by atoms with Crippen molar-refractivity contribution in [3.05, 3.63) is 21.9 Å². The highest BCUT2D eigenvalue weighted by Gasteiger charge is 2.35. The summed E-state index contributed by atoms with van der Waals surface area (Å²) >= 11 is 2.01. The molecule has 3 fully saturated rings. The quantitative estimate of drug-likeness (QED) is 0.888. The van der Waals surface area contributed by atoms with E-state index >= 15 is 0 Å². The van der Waals surface area contributed by atoms with E-state index in [0.717, 1.165) is 24.4 Å². The Morgan fingerprint density at radius 1 is 1.05 bits per heavy atom. The summed E-state index contributed by atoms with van der Waals surface area (Å²) in [6.45, 7) is 5.00. The molecule has 2 nitrogen and oxygen atoms in total. The zero-order valence-electron chi connectivity index (χ0n) is 11.6. The van der Waals surface area contributed by atoms with Crippen molar-refractivity contribution in [1.82, 2.24) is 10.2 Å². The minimum absolute atomic E-state index is 0.823. The van der Waals surface area contributed by atoms with Crippen LogP contribution in [0.2, 0.25) is 0 Å². The second-order valence-corrected chi connectivity index (χ2v) is 7.92. The number of hydrogen-bond donors (Lipinski definition) is 1. The summed E-state index contributed by atoms with van der Waals surface area (Å²) in [7, 11) is 0. The molecule has 2 saturated carbocycles. The zero-order chi connectivity index (χ0) is 12.7. The molecule has 2 aliphatic carbocycles. The third kappa shape index (κ3) is 2.88. The summed E-state index contributed by atoms with van der Waals surface area (Å²) < 4.78 is 0. The third-order valence-corrected chi connectivity index (χ3v) is 6.11. The fourth-order valence-corrected chi connectivity index (χ4v) is 4.83. The van der Waals surface area contributed by atoms with E-state index in [1.807, 2.05) is 11.3 Å². The maximum absolute atomic E-state index is 3.61. The smallest absolute Gasteiger partial charge is 0.0328 e. The van der Waals surface area contributed by atoms with Gasteiger partial charge in [0.2, 0.25) is 0 Å². The molecule has 19 heavy (non-hydrogen) atoms. The van der Waals surface area contributed by atoms with Crippen molar-refractivity contribution in [2.75, 3.05) is 13.1 Å².